The van der Waals surface area contributed by atoms with E-state index in [0.717, 1.165) is 35.0 Å². The minimum absolute atomic E-state index is 0.0740. The molecule has 0 aliphatic carbocycles. The third-order valence-electron chi connectivity index (χ3n) is 2.89. The monoisotopic (exact) mass is 281 g/mol. The van der Waals surface area contributed by atoms with Gasteiger partial charge in [0.1, 0.15) is 4.60 Å². The molecular weight excluding hydrogens is 270 g/mol. The molecule has 84 valence electrons. The standard InChI is InChI=1S/C11H12BrN3O/c12-11-8-7-13-5-4-9(8)15(14-11)10-3-1-2-6-16-10/h4-5,7,10H,1-3,6H2. The van der Waals surface area contributed by atoms with E-state index in [0.29, 0.717) is 0 Å². The Morgan fingerprint density at radius 3 is 3.19 bits per heavy atom. The normalized spacial score (nSPS) is 21.4. The predicted octanol–water partition coefficient (Wildman–Crippen LogP) is 2.89. The Hall–Kier alpha value is -0.940. The zero-order chi connectivity index (χ0) is 11.0. The zero-order valence-corrected chi connectivity index (χ0v) is 10.4. The fraction of sp³-hybridized carbons (Fsp3) is 0.455. The molecule has 1 fully saturated rings. The van der Waals surface area contributed by atoms with Crippen molar-refractivity contribution in [3.63, 3.8) is 0 Å². The van der Waals surface area contributed by atoms with Gasteiger partial charge >= 0.3 is 0 Å². The van der Waals surface area contributed by atoms with Crippen molar-refractivity contribution in [2.75, 3.05) is 6.61 Å². The van der Waals surface area contributed by atoms with Crippen LogP contribution in [-0.2, 0) is 4.74 Å². The van der Waals surface area contributed by atoms with Gasteiger partial charge in [0.25, 0.3) is 0 Å². The fourth-order valence-corrected chi connectivity index (χ4v) is 2.56. The maximum atomic E-state index is 5.74. The van der Waals surface area contributed by atoms with Gasteiger partial charge in [0.15, 0.2) is 6.23 Å². The lowest BCUT2D eigenvalue weighted by molar-refractivity contribution is -0.0368. The van der Waals surface area contributed by atoms with Gasteiger partial charge in [0.05, 0.1) is 10.9 Å². The van der Waals surface area contributed by atoms with Gasteiger partial charge in [-0.2, -0.15) is 5.10 Å². The fourth-order valence-electron chi connectivity index (χ4n) is 2.08. The Morgan fingerprint density at radius 2 is 2.38 bits per heavy atom. The Kier molecular flexibility index (Phi) is 2.65. The molecule has 2 aromatic heterocycles. The summed E-state index contributed by atoms with van der Waals surface area (Å²) in [5.74, 6) is 0. The highest BCUT2D eigenvalue weighted by Gasteiger charge is 2.19. The number of hydrogen-bond acceptors (Lipinski definition) is 3. The Bertz CT molecular complexity index is 505. The van der Waals surface area contributed by atoms with E-state index in [-0.39, 0.29) is 6.23 Å². The van der Waals surface area contributed by atoms with Crippen LogP contribution in [0.15, 0.2) is 23.1 Å². The van der Waals surface area contributed by atoms with Crippen molar-refractivity contribution in [3.05, 3.63) is 23.1 Å². The van der Waals surface area contributed by atoms with E-state index in [9.17, 15) is 0 Å². The Morgan fingerprint density at radius 1 is 1.44 bits per heavy atom. The van der Waals surface area contributed by atoms with Gasteiger partial charge in [-0.1, -0.05) is 0 Å². The molecule has 0 aromatic carbocycles. The van der Waals surface area contributed by atoms with Crippen LogP contribution < -0.4 is 0 Å². The number of aromatic nitrogens is 3. The van der Waals surface area contributed by atoms with E-state index in [4.69, 9.17) is 4.74 Å². The summed E-state index contributed by atoms with van der Waals surface area (Å²) in [5, 5.41) is 5.52. The Balaban J connectivity index is 2.08. The van der Waals surface area contributed by atoms with Crippen LogP contribution in [-0.4, -0.2) is 21.4 Å². The van der Waals surface area contributed by atoms with Crippen molar-refractivity contribution >= 4 is 26.8 Å². The number of rotatable bonds is 1. The van der Waals surface area contributed by atoms with E-state index in [1.54, 1.807) is 6.20 Å². The summed E-state index contributed by atoms with van der Waals surface area (Å²) in [6.07, 6.45) is 7.07. The molecule has 1 saturated heterocycles. The molecule has 3 rings (SSSR count). The highest BCUT2D eigenvalue weighted by atomic mass is 79.9. The third kappa shape index (κ3) is 1.64. The molecule has 0 saturated carbocycles. The summed E-state index contributed by atoms with van der Waals surface area (Å²) in [6.45, 7) is 0.828. The third-order valence-corrected chi connectivity index (χ3v) is 3.48. The van der Waals surface area contributed by atoms with Crippen LogP contribution in [0.1, 0.15) is 25.5 Å². The maximum Gasteiger partial charge on any atom is 0.150 e. The number of fused-ring (bicyclic) bond motifs is 1. The van der Waals surface area contributed by atoms with Crippen molar-refractivity contribution in [1.82, 2.24) is 14.8 Å². The van der Waals surface area contributed by atoms with Crippen LogP contribution in [0.3, 0.4) is 0 Å². The highest BCUT2D eigenvalue weighted by molar-refractivity contribution is 9.10. The van der Waals surface area contributed by atoms with Gasteiger partial charge in [-0.15, -0.1) is 0 Å². The molecule has 2 aromatic rings. The molecule has 1 aliphatic rings. The molecule has 3 heterocycles. The quantitative estimate of drug-likeness (QED) is 0.807. The van der Waals surface area contributed by atoms with E-state index in [2.05, 4.69) is 26.0 Å². The summed E-state index contributed by atoms with van der Waals surface area (Å²) in [4.78, 5) is 4.11. The van der Waals surface area contributed by atoms with Crippen molar-refractivity contribution in [1.29, 1.82) is 0 Å². The summed E-state index contributed by atoms with van der Waals surface area (Å²) in [6, 6.07) is 1.98. The predicted molar refractivity (Wildman–Crippen MR) is 64.1 cm³/mol. The summed E-state index contributed by atoms with van der Waals surface area (Å²) in [5.41, 5.74) is 1.08. The van der Waals surface area contributed by atoms with Crippen LogP contribution in [0.5, 0.6) is 0 Å². The van der Waals surface area contributed by atoms with E-state index in [1.165, 1.54) is 6.42 Å². The van der Waals surface area contributed by atoms with Gasteiger partial charge in [-0.3, -0.25) is 4.98 Å². The largest absolute Gasteiger partial charge is 0.356 e. The summed E-state index contributed by atoms with van der Waals surface area (Å²) >= 11 is 3.46. The lowest BCUT2D eigenvalue weighted by Crippen LogP contribution is -2.19. The smallest absolute Gasteiger partial charge is 0.150 e. The second-order valence-electron chi connectivity index (χ2n) is 3.95. The first-order valence-corrected chi connectivity index (χ1v) is 6.25. The SMILES string of the molecule is Brc1nn(C2CCCCO2)c2ccncc12. The molecule has 1 aliphatic heterocycles. The molecule has 0 amide bonds. The second-order valence-corrected chi connectivity index (χ2v) is 4.70. The molecule has 0 N–H and O–H groups in total. The molecule has 0 bridgehead atoms. The number of ether oxygens (including phenoxy) is 1. The van der Waals surface area contributed by atoms with Gasteiger partial charge in [-0.25, -0.2) is 4.68 Å². The zero-order valence-electron chi connectivity index (χ0n) is 8.77. The van der Waals surface area contributed by atoms with Crippen LogP contribution in [0, 0.1) is 0 Å². The number of nitrogens with zero attached hydrogens (tertiary/aromatic N) is 3. The molecule has 4 nitrogen and oxygen atoms in total. The van der Waals surface area contributed by atoms with E-state index < -0.39 is 0 Å². The summed E-state index contributed by atoms with van der Waals surface area (Å²) in [7, 11) is 0. The van der Waals surface area contributed by atoms with Gasteiger partial charge in [0, 0.05) is 19.0 Å². The van der Waals surface area contributed by atoms with Crippen LogP contribution >= 0.6 is 15.9 Å². The van der Waals surface area contributed by atoms with Crippen molar-refractivity contribution < 1.29 is 4.74 Å². The van der Waals surface area contributed by atoms with Gasteiger partial charge in [-0.05, 0) is 41.3 Å². The average molecular weight is 282 g/mol. The van der Waals surface area contributed by atoms with E-state index >= 15 is 0 Å². The molecule has 16 heavy (non-hydrogen) atoms. The number of halogens is 1. The summed E-state index contributed by atoms with van der Waals surface area (Å²) < 4.78 is 8.54. The topological polar surface area (TPSA) is 39.9 Å². The van der Waals surface area contributed by atoms with Crippen LogP contribution in [0.2, 0.25) is 0 Å². The van der Waals surface area contributed by atoms with Gasteiger partial charge < -0.3 is 4.74 Å². The molecule has 0 radical (unpaired) electrons. The lowest BCUT2D eigenvalue weighted by Gasteiger charge is -2.23. The van der Waals surface area contributed by atoms with Gasteiger partial charge in [0.2, 0.25) is 0 Å². The number of pyridine rings is 1. The molecular formula is C11H12BrN3O. The first-order chi connectivity index (χ1) is 7.86. The van der Waals surface area contributed by atoms with Crippen molar-refractivity contribution in [2.45, 2.75) is 25.5 Å². The molecule has 1 unspecified atom stereocenters. The first-order valence-electron chi connectivity index (χ1n) is 5.45. The molecule has 1 atom stereocenters. The number of hydrogen-bond donors (Lipinski definition) is 0. The first kappa shape index (κ1) is 10.2. The minimum Gasteiger partial charge on any atom is -0.356 e. The molecule has 0 spiro atoms. The molecule has 5 heteroatoms. The minimum atomic E-state index is 0.0740. The van der Waals surface area contributed by atoms with E-state index in [1.807, 2.05) is 16.9 Å². The Labute approximate surface area is 102 Å². The highest BCUT2D eigenvalue weighted by Crippen LogP contribution is 2.29. The maximum absolute atomic E-state index is 5.74. The van der Waals surface area contributed by atoms with Crippen LogP contribution in [0.4, 0.5) is 0 Å². The lowest BCUT2D eigenvalue weighted by atomic mass is 10.2. The van der Waals surface area contributed by atoms with Crippen molar-refractivity contribution in [2.24, 2.45) is 0 Å². The van der Waals surface area contributed by atoms with Crippen LogP contribution in [0.25, 0.3) is 10.9 Å². The second kappa shape index (κ2) is 4.14. The van der Waals surface area contributed by atoms with Crippen molar-refractivity contribution in [3.8, 4) is 0 Å². The average Bonchev–Trinajstić information content (AvgIpc) is 2.69.